The molecule has 0 bridgehead atoms. The summed E-state index contributed by atoms with van der Waals surface area (Å²) in [6.07, 6.45) is 6.97. The van der Waals surface area contributed by atoms with Crippen LogP contribution in [0.2, 0.25) is 0 Å². The van der Waals surface area contributed by atoms with Crippen LogP contribution in [0, 0.1) is 0 Å². The quantitative estimate of drug-likeness (QED) is 0.191. The Hall–Kier alpha value is -5.60. The van der Waals surface area contributed by atoms with Gasteiger partial charge in [0.25, 0.3) is 0 Å². The molecule has 0 amide bonds. The molecule has 8 aromatic rings. The number of aromatic nitrogens is 1. The molecule has 0 aliphatic heterocycles. The van der Waals surface area contributed by atoms with Crippen LogP contribution in [0.25, 0.3) is 72.9 Å². The Morgan fingerprint density at radius 1 is 0.511 bits per heavy atom. The average molecular weight is 574 g/mol. The van der Waals surface area contributed by atoms with E-state index in [1.54, 1.807) is 0 Å². The predicted molar refractivity (Wildman–Crippen MR) is 184 cm³/mol. The van der Waals surface area contributed by atoms with Gasteiger partial charge in [0.15, 0.2) is 5.58 Å². The van der Waals surface area contributed by atoms with Gasteiger partial charge in [-0.3, -0.25) is 0 Å². The lowest BCUT2D eigenvalue weighted by Gasteiger charge is -2.31. The average Bonchev–Trinajstić information content (AvgIpc) is 3.82. The summed E-state index contributed by atoms with van der Waals surface area (Å²) >= 11 is 0. The molecule has 3 aliphatic carbocycles. The summed E-state index contributed by atoms with van der Waals surface area (Å²) in [5, 5.41) is 6.21. The lowest BCUT2D eigenvalue weighted by molar-refractivity contribution is 0.665. The van der Waals surface area contributed by atoms with E-state index >= 15 is 0 Å². The number of furan rings is 1. The van der Waals surface area contributed by atoms with E-state index in [0.717, 1.165) is 40.5 Å². The first-order valence-electron chi connectivity index (χ1n) is 15.9. The number of nitrogens with zero attached hydrogens (tertiary/aromatic N) is 1. The van der Waals surface area contributed by atoms with Crippen molar-refractivity contribution in [3.63, 3.8) is 0 Å². The summed E-state index contributed by atoms with van der Waals surface area (Å²) in [5.74, 6) is 0. The van der Waals surface area contributed by atoms with E-state index < -0.39 is 5.41 Å². The monoisotopic (exact) mass is 573 g/mol. The van der Waals surface area contributed by atoms with Gasteiger partial charge in [0, 0.05) is 32.3 Å². The van der Waals surface area contributed by atoms with Crippen molar-refractivity contribution >= 4 is 45.0 Å². The van der Waals surface area contributed by atoms with Crippen LogP contribution in [-0.4, -0.2) is 4.57 Å². The Labute approximate surface area is 259 Å². The topological polar surface area (TPSA) is 18.1 Å². The van der Waals surface area contributed by atoms with Crippen LogP contribution in [0.5, 0.6) is 0 Å². The molecule has 0 unspecified atom stereocenters. The zero-order valence-electron chi connectivity index (χ0n) is 24.5. The highest BCUT2D eigenvalue weighted by atomic mass is 16.3. The van der Waals surface area contributed by atoms with Gasteiger partial charge in [-0.2, -0.15) is 0 Å². The van der Waals surface area contributed by atoms with Crippen molar-refractivity contribution in [2.75, 3.05) is 0 Å². The molecule has 11 rings (SSSR count). The SMILES string of the molecule is C1=c2c(n(-c3cccc4c3oc3ccccc34)c3c4c(ccc23)-c2ccccc2C42c3ccccc3-c3ccccc32)=CCC1. The molecule has 210 valence electrons. The Balaban J connectivity index is 1.40. The Bertz CT molecular complexity index is 2650. The minimum Gasteiger partial charge on any atom is -0.454 e. The molecule has 0 atom stereocenters. The summed E-state index contributed by atoms with van der Waals surface area (Å²) in [6.45, 7) is 0. The third-order valence-electron chi connectivity index (χ3n) is 10.6. The number of hydrogen-bond acceptors (Lipinski definition) is 1. The number of rotatable bonds is 1. The highest BCUT2D eigenvalue weighted by Gasteiger charge is 2.53. The van der Waals surface area contributed by atoms with Crippen LogP contribution in [0.4, 0.5) is 0 Å². The van der Waals surface area contributed by atoms with Crippen molar-refractivity contribution in [2.24, 2.45) is 0 Å². The maximum atomic E-state index is 6.71. The van der Waals surface area contributed by atoms with Gasteiger partial charge >= 0.3 is 0 Å². The van der Waals surface area contributed by atoms with Gasteiger partial charge in [-0.1, -0.05) is 127 Å². The van der Waals surface area contributed by atoms with Gasteiger partial charge < -0.3 is 8.98 Å². The van der Waals surface area contributed by atoms with E-state index in [1.807, 2.05) is 0 Å². The van der Waals surface area contributed by atoms with Gasteiger partial charge in [-0.25, -0.2) is 0 Å². The van der Waals surface area contributed by atoms with Crippen LogP contribution in [0.1, 0.15) is 35.1 Å². The van der Waals surface area contributed by atoms with E-state index in [2.05, 4.69) is 144 Å². The fraction of sp³-hybridized carbons (Fsp3) is 0.0698. The molecular weight excluding hydrogens is 546 g/mol. The fourth-order valence-electron chi connectivity index (χ4n) is 9.02. The molecule has 1 spiro atoms. The van der Waals surface area contributed by atoms with E-state index in [-0.39, 0.29) is 0 Å². The molecule has 0 saturated heterocycles. The minimum atomic E-state index is -0.431. The number of benzene rings is 6. The number of para-hydroxylation sites is 2. The first-order valence-corrected chi connectivity index (χ1v) is 15.9. The van der Waals surface area contributed by atoms with Gasteiger partial charge in [0.05, 0.1) is 16.6 Å². The van der Waals surface area contributed by atoms with Gasteiger partial charge in [0.2, 0.25) is 0 Å². The lowest BCUT2D eigenvalue weighted by Crippen LogP contribution is -2.30. The maximum Gasteiger partial charge on any atom is 0.159 e. The third kappa shape index (κ3) is 2.73. The number of fused-ring (bicyclic) bond motifs is 17. The Morgan fingerprint density at radius 3 is 1.89 bits per heavy atom. The largest absolute Gasteiger partial charge is 0.454 e. The molecule has 0 N–H and O–H groups in total. The molecule has 2 aromatic heterocycles. The molecule has 0 radical (unpaired) electrons. The molecule has 2 nitrogen and oxygen atoms in total. The van der Waals surface area contributed by atoms with Crippen LogP contribution >= 0.6 is 0 Å². The van der Waals surface area contributed by atoms with Crippen LogP contribution < -0.4 is 10.6 Å². The smallest absolute Gasteiger partial charge is 0.159 e. The molecule has 6 aromatic carbocycles. The third-order valence-corrected chi connectivity index (χ3v) is 10.6. The molecule has 3 aliphatic rings. The first-order chi connectivity index (χ1) is 22.4. The Morgan fingerprint density at radius 2 is 1.13 bits per heavy atom. The summed E-state index contributed by atoms with van der Waals surface area (Å²) in [7, 11) is 0. The van der Waals surface area contributed by atoms with Crippen LogP contribution in [-0.2, 0) is 5.41 Å². The van der Waals surface area contributed by atoms with Crippen LogP contribution in [0.3, 0.4) is 0 Å². The standard InChI is InChI=1S/C43H27NO/c1-6-18-34-26(12-1)27-13-2-7-19-35(27)43(34)36-20-8-3-14-28(36)31-24-25-32-29-15-4-9-21-37(29)44(41(32)40(31)43)38-22-11-17-33-30-16-5-10-23-39(30)45-42(33)38/h1-3,5-8,10-25H,4,9H2. The maximum absolute atomic E-state index is 6.71. The number of hydrogen-bond donors (Lipinski definition) is 0. The van der Waals surface area contributed by atoms with E-state index in [4.69, 9.17) is 4.42 Å². The second kappa shape index (κ2) is 8.31. The second-order valence-corrected chi connectivity index (χ2v) is 12.6. The van der Waals surface area contributed by atoms with Crippen molar-refractivity contribution in [3.8, 4) is 27.9 Å². The fourth-order valence-corrected chi connectivity index (χ4v) is 9.02. The van der Waals surface area contributed by atoms with Crippen LogP contribution in [0.15, 0.2) is 132 Å². The van der Waals surface area contributed by atoms with Gasteiger partial charge in [0.1, 0.15) is 5.58 Å². The summed E-state index contributed by atoms with van der Waals surface area (Å²) in [4.78, 5) is 0. The molecule has 2 heteroatoms. The van der Waals surface area contributed by atoms with E-state index in [0.29, 0.717) is 0 Å². The zero-order chi connectivity index (χ0) is 29.3. The Kier molecular flexibility index (Phi) is 4.40. The highest BCUT2D eigenvalue weighted by molar-refractivity contribution is 6.09. The van der Waals surface area contributed by atoms with Crippen molar-refractivity contribution in [3.05, 3.63) is 160 Å². The van der Waals surface area contributed by atoms with Crippen molar-refractivity contribution in [2.45, 2.75) is 18.3 Å². The van der Waals surface area contributed by atoms with Crippen molar-refractivity contribution < 1.29 is 4.42 Å². The van der Waals surface area contributed by atoms with Crippen molar-refractivity contribution in [1.29, 1.82) is 0 Å². The minimum absolute atomic E-state index is 0.431. The van der Waals surface area contributed by atoms with E-state index in [9.17, 15) is 0 Å². The molecule has 0 fully saturated rings. The summed E-state index contributed by atoms with van der Waals surface area (Å²) < 4.78 is 9.26. The van der Waals surface area contributed by atoms with E-state index in [1.165, 1.54) is 66.0 Å². The molecular formula is C43H27NO. The van der Waals surface area contributed by atoms with Crippen molar-refractivity contribution in [1.82, 2.24) is 4.57 Å². The summed E-state index contributed by atoms with van der Waals surface area (Å²) in [5.41, 5.74) is 14.6. The molecule has 0 saturated carbocycles. The predicted octanol–water partition coefficient (Wildman–Crippen LogP) is 9.23. The van der Waals surface area contributed by atoms with Gasteiger partial charge in [-0.05, 0) is 63.9 Å². The first kappa shape index (κ1) is 23.8. The summed E-state index contributed by atoms with van der Waals surface area (Å²) in [6, 6.07) is 47.1. The lowest BCUT2D eigenvalue weighted by atomic mass is 9.70. The normalized spacial score (nSPS) is 15.0. The van der Waals surface area contributed by atoms with Gasteiger partial charge in [-0.15, -0.1) is 0 Å². The highest BCUT2D eigenvalue weighted by Crippen LogP contribution is 2.63. The second-order valence-electron chi connectivity index (χ2n) is 12.6. The molecule has 2 heterocycles. The molecule has 45 heavy (non-hydrogen) atoms. The zero-order valence-corrected chi connectivity index (χ0v) is 24.5.